The normalized spacial score (nSPS) is 17.1. The fraction of sp³-hybridized carbons (Fsp3) is 0.333. The SMILES string of the molecule is CCC(=O)c1ccc(O[C@H](C)C(=O)N2c3ccccc3C[C@@H]2C)cc1. The number of hydrogen-bond acceptors (Lipinski definition) is 3. The summed E-state index contributed by atoms with van der Waals surface area (Å²) in [5, 5.41) is 0. The molecule has 2 aromatic carbocycles. The van der Waals surface area contributed by atoms with E-state index in [-0.39, 0.29) is 17.7 Å². The summed E-state index contributed by atoms with van der Waals surface area (Å²) in [7, 11) is 0. The zero-order valence-electron chi connectivity index (χ0n) is 14.9. The summed E-state index contributed by atoms with van der Waals surface area (Å²) in [6.45, 7) is 5.65. The predicted octanol–water partition coefficient (Wildman–Crippen LogP) is 4.02. The van der Waals surface area contributed by atoms with Crippen molar-refractivity contribution in [2.75, 3.05) is 4.90 Å². The highest BCUT2D eigenvalue weighted by Gasteiger charge is 2.33. The molecule has 0 aromatic heterocycles. The Kier molecular flexibility index (Phi) is 4.88. The number of amides is 1. The Bertz CT molecular complexity index is 782. The molecule has 0 unspecified atom stereocenters. The molecule has 4 heteroatoms. The highest BCUT2D eigenvalue weighted by Crippen LogP contribution is 2.32. The summed E-state index contributed by atoms with van der Waals surface area (Å²) in [6, 6.07) is 15.1. The smallest absolute Gasteiger partial charge is 0.268 e. The van der Waals surface area contributed by atoms with Crippen LogP contribution in [0.3, 0.4) is 0 Å². The fourth-order valence-electron chi connectivity index (χ4n) is 3.28. The van der Waals surface area contributed by atoms with Crippen molar-refractivity contribution in [2.45, 2.75) is 45.8 Å². The molecule has 3 rings (SSSR count). The van der Waals surface area contributed by atoms with Gasteiger partial charge in [-0.15, -0.1) is 0 Å². The van der Waals surface area contributed by atoms with Gasteiger partial charge in [0.1, 0.15) is 5.75 Å². The molecule has 25 heavy (non-hydrogen) atoms. The molecule has 1 heterocycles. The quantitative estimate of drug-likeness (QED) is 0.774. The third-order valence-corrected chi connectivity index (χ3v) is 4.60. The second-order valence-electron chi connectivity index (χ2n) is 6.45. The summed E-state index contributed by atoms with van der Waals surface area (Å²) >= 11 is 0. The van der Waals surface area contributed by atoms with Gasteiger partial charge >= 0.3 is 0 Å². The van der Waals surface area contributed by atoms with Crippen molar-refractivity contribution in [3.63, 3.8) is 0 Å². The van der Waals surface area contributed by atoms with Crippen LogP contribution in [0.2, 0.25) is 0 Å². The topological polar surface area (TPSA) is 46.6 Å². The molecule has 0 radical (unpaired) electrons. The number of ether oxygens (including phenoxy) is 1. The summed E-state index contributed by atoms with van der Waals surface area (Å²) in [6.07, 6.45) is 0.741. The minimum absolute atomic E-state index is 0.0499. The number of nitrogens with zero attached hydrogens (tertiary/aromatic N) is 1. The van der Waals surface area contributed by atoms with Crippen LogP contribution in [-0.4, -0.2) is 23.8 Å². The van der Waals surface area contributed by atoms with Crippen LogP contribution in [0.1, 0.15) is 43.1 Å². The number of fused-ring (bicyclic) bond motifs is 1. The molecule has 0 fully saturated rings. The molecular formula is C21H23NO3. The lowest BCUT2D eigenvalue weighted by atomic mass is 10.1. The van der Waals surface area contributed by atoms with Crippen molar-refractivity contribution in [3.05, 3.63) is 59.7 Å². The number of ketones is 1. The highest BCUT2D eigenvalue weighted by molar-refractivity contribution is 5.99. The van der Waals surface area contributed by atoms with Crippen LogP contribution in [0, 0.1) is 0 Å². The molecule has 4 nitrogen and oxygen atoms in total. The van der Waals surface area contributed by atoms with E-state index in [1.807, 2.05) is 30.0 Å². The van der Waals surface area contributed by atoms with E-state index in [1.165, 1.54) is 5.56 Å². The van der Waals surface area contributed by atoms with E-state index in [4.69, 9.17) is 4.74 Å². The van der Waals surface area contributed by atoms with Gasteiger partial charge in [-0.2, -0.15) is 0 Å². The molecule has 0 aliphatic carbocycles. The van der Waals surface area contributed by atoms with E-state index < -0.39 is 6.10 Å². The molecule has 130 valence electrons. The lowest BCUT2D eigenvalue weighted by Gasteiger charge is -2.26. The third kappa shape index (κ3) is 3.43. The number of carbonyl (C=O) groups excluding carboxylic acids is 2. The molecule has 0 spiro atoms. The van der Waals surface area contributed by atoms with Crippen molar-refractivity contribution in [1.82, 2.24) is 0 Å². The molecule has 0 bridgehead atoms. The summed E-state index contributed by atoms with van der Waals surface area (Å²) in [4.78, 5) is 26.4. The Morgan fingerprint density at radius 1 is 1.16 bits per heavy atom. The molecule has 0 saturated carbocycles. The largest absolute Gasteiger partial charge is 0.481 e. The molecule has 1 amide bonds. The first-order chi connectivity index (χ1) is 12.0. The van der Waals surface area contributed by atoms with E-state index in [0.717, 1.165) is 12.1 Å². The summed E-state index contributed by atoms with van der Waals surface area (Å²) < 4.78 is 5.82. The van der Waals surface area contributed by atoms with Crippen LogP contribution in [0.5, 0.6) is 5.75 Å². The minimum Gasteiger partial charge on any atom is -0.481 e. The van der Waals surface area contributed by atoms with Crippen LogP contribution >= 0.6 is 0 Å². The number of hydrogen-bond donors (Lipinski definition) is 0. The Hall–Kier alpha value is -2.62. The van der Waals surface area contributed by atoms with Crippen LogP contribution in [-0.2, 0) is 11.2 Å². The molecule has 1 aliphatic rings. The summed E-state index contributed by atoms with van der Waals surface area (Å²) in [5.41, 5.74) is 2.83. The van der Waals surface area contributed by atoms with Gasteiger partial charge in [0.2, 0.25) is 0 Å². The number of rotatable bonds is 5. The fourth-order valence-corrected chi connectivity index (χ4v) is 3.28. The maximum absolute atomic E-state index is 12.9. The number of Topliss-reactive ketones (excluding diaryl/α,β-unsaturated/α-hetero) is 1. The Balaban J connectivity index is 1.72. The van der Waals surface area contributed by atoms with Gasteiger partial charge in [-0.25, -0.2) is 0 Å². The lowest BCUT2D eigenvalue weighted by molar-refractivity contribution is -0.124. The van der Waals surface area contributed by atoms with Gasteiger partial charge in [-0.1, -0.05) is 25.1 Å². The monoisotopic (exact) mass is 337 g/mol. The predicted molar refractivity (Wildman–Crippen MR) is 98.2 cm³/mol. The van der Waals surface area contributed by atoms with Crippen molar-refractivity contribution >= 4 is 17.4 Å². The standard InChI is InChI=1S/C21H23NO3/c1-4-20(23)16-9-11-18(12-10-16)25-15(3)21(24)22-14(2)13-17-7-5-6-8-19(17)22/h5-12,14-15H,4,13H2,1-3H3/t14-,15+/m0/s1. The van der Waals surface area contributed by atoms with Gasteiger partial charge in [0.15, 0.2) is 11.9 Å². The minimum atomic E-state index is -0.596. The molecule has 2 atom stereocenters. The Labute approximate surface area is 148 Å². The highest BCUT2D eigenvalue weighted by atomic mass is 16.5. The molecular weight excluding hydrogens is 314 g/mol. The average molecular weight is 337 g/mol. The van der Waals surface area contributed by atoms with E-state index in [1.54, 1.807) is 31.2 Å². The van der Waals surface area contributed by atoms with E-state index in [9.17, 15) is 9.59 Å². The first-order valence-corrected chi connectivity index (χ1v) is 8.72. The van der Waals surface area contributed by atoms with Gasteiger partial charge < -0.3 is 9.64 Å². The maximum Gasteiger partial charge on any atom is 0.268 e. The second-order valence-corrected chi connectivity index (χ2v) is 6.45. The van der Waals surface area contributed by atoms with Crippen LogP contribution < -0.4 is 9.64 Å². The van der Waals surface area contributed by atoms with E-state index >= 15 is 0 Å². The zero-order chi connectivity index (χ0) is 18.0. The third-order valence-electron chi connectivity index (χ3n) is 4.60. The van der Waals surface area contributed by atoms with Crippen molar-refractivity contribution in [3.8, 4) is 5.75 Å². The van der Waals surface area contributed by atoms with Gasteiger partial charge in [0, 0.05) is 23.7 Å². The van der Waals surface area contributed by atoms with Gasteiger partial charge in [-0.3, -0.25) is 9.59 Å². The van der Waals surface area contributed by atoms with Crippen LogP contribution in [0.15, 0.2) is 48.5 Å². The Morgan fingerprint density at radius 2 is 1.84 bits per heavy atom. The van der Waals surface area contributed by atoms with E-state index in [2.05, 4.69) is 13.0 Å². The zero-order valence-corrected chi connectivity index (χ0v) is 14.9. The molecule has 0 saturated heterocycles. The molecule has 0 N–H and O–H groups in total. The van der Waals surface area contributed by atoms with Crippen LogP contribution in [0.25, 0.3) is 0 Å². The number of para-hydroxylation sites is 1. The van der Waals surface area contributed by atoms with Crippen LogP contribution in [0.4, 0.5) is 5.69 Å². The average Bonchev–Trinajstić information content (AvgIpc) is 2.96. The molecule has 2 aromatic rings. The van der Waals surface area contributed by atoms with Gasteiger partial charge in [0.05, 0.1) is 0 Å². The maximum atomic E-state index is 12.9. The first-order valence-electron chi connectivity index (χ1n) is 8.72. The van der Waals surface area contributed by atoms with Crippen molar-refractivity contribution in [2.24, 2.45) is 0 Å². The number of anilines is 1. The summed E-state index contributed by atoms with van der Waals surface area (Å²) in [5.74, 6) is 0.637. The van der Waals surface area contributed by atoms with Crippen molar-refractivity contribution < 1.29 is 14.3 Å². The second kappa shape index (κ2) is 7.09. The Morgan fingerprint density at radius 3 is 2.52 bits per heavy atom. The van der Waals surface area contributed by atoms with Gasteiger partial charge in [-0.05, 0) is 56.2 Å². The number of carbonyl (C=O) groups is 2. The van der Waals surface area contributed by atoms with Crippen molar-refractivity contribution in [1.29, 1.82) is 0 Å². The number of benzene rings is 2. The lowest BCUT2D eigenvalue weighted by Crippen LogP contribution is -2.43. The molecule has 1 aliphatic heterocycles. The van der Waals surface area contributed by atoms with Gasteiger partial charge in [0.25, 0.3) is 5.91 Å². The van der Waals surface area contributed by atoms with E-state index in [0.29, 0.717) is 17.7 Å². The first kappa shape index (κ1) is 17.2.